The highest BCUT2D eigenvalue weighted by Crippen LogP contribution is 2.27. The molecule has 0 spiro atoms. The molecule has 3 rings (SSSR count). The van der Waals surface area contributed by atoms with Gasteiger partial charge in [-0.15, -0.1) is 12.4 Å². The molecule has 0 aromatic heterocycles. The maximum Gasteiger partial charge on any atom is 0.0115 e. The molecule has 3 heteroatoms. The number of nitrogens with zero attached hydrogens (tertiary/aromatic N) is 1. The Morgan fingerprint density at radius 3 is 2.59 bits per heavy atom. The molecule has 2 nitrogen and oxygen atoms in total. The van der Waals surface area contributed by atoms with E-state index in [1.54, 1.807) is 0 Å². The first-order valence-electron chi connectivity index (χ1n) is 8.00. The van der Waals surface area contributed by atoms with Gasteiger partial charge in [-0.05, 0) is 41.1 Å². The highest BCUT2D eigenvalue weighted by atomic mass is 35.5. The van der Waals surface area contributed by atoms with Crippen LogP contribution in [0.4, 0.5) is 0 Å². The van der Waals surface area contributed by atoms with Crippen molar-refractivity contribution in [2.75, 3.05) is 19.6 Å². The molecule has 1 unspecified atom stereocenters. The average molecular weight is 319 g/mol. The van der Waals surface area contributed by atoms with E-state index < -0.39 is 0 Å². The monoisotopic (exact) mass is 318 g/mol. The predicted molar refractivity (Wildman–Crippen MR) is 97.7 cm³/mol. The van der Waals surface area contributed by atoms with Crippen LogP contribution in [0.5, 0.6) is 0 Å². The highest BCUT2D eigenvalue weighted by molar-refractivity contribution is 5.85. The lowest BCUT2D eigenvalue weighted by Crippen LogP contribution is -2.52. The van der Waals surface area contributed by atoms with Gasteiger partial charge in [-0.3, -0.25) is 0 Å². The zero-order chi connectivity index (χ0) is 14.9. The van der Waals surface area contributed by atoms with Gasteiger partial charge in [0, 0.05) is 19.1 Å². The number of piperidine rings is 1. The number of benzene rings is 2. The van der Waals surface area contributed by atoms with Crippen molar-refractivity contribution in [3.63, 3.8) is 0 Å². The van der Waals surface area contributed by atoms with Crippen LogP contribution in [0.3, 0.4) is 0 Å². The number of rotatable bonds is 3. The lowest BCUT2D eigenvalue weighted by atomic mass is 9.79. The fourth-order valence-corrected chi connectivity index (χ4v) is 3.36. The molecule has 0 amide bonds. The van der Waals surface area contributed by atoms with E-state index in [0.29, 0.717) is 6.04 Å². The van der Waals surface area contributed by atoms with Gasteiger partial charge in [0.1, 0.15) is 0 Å². The predicted octanol–water partition coefficient (Wildman–Crippen LogP) is 3.86. The van der Waals surface area contributed by atoms with Crippen LogP contribution < -0.4 is 5.73 Å². The van der Waals surface area contributed by atoms with E-state index in [1.165, 1.54) is 16.3 Å². The van der Waals surface area contributed by atoms with E-state index in [4.69, 9.17) is 5.73 Å². The summed E-state index contributed by atoms with van der Waals surface area (Å²) in [6, 6.07) is 15.8. The molecule has 120 valence electrons. The van der Waals surface area contributed by atoms with E-state index in [0.717, 1.165) is 32.5 Å². The van der Waals surface area contributed by atoms with Crippen molar-refractivity contribution in [1.29, 1.82) is 0 Å². The molecule has 1 aliphatic rings. The van der Waals surface area contributed by atoms with Gasteiger partial charge in [-0.2, -0.15) is 0 Å². The molecule has 0 radical (unpaired) electrons. The minimum Gasteiger partial charge on any atom is -0.327 e. The first-order valence-corrected chi connectivity index (χ1v) is 8.00. The van der Waals surface area contributed by atoms with Crippen molar-refractivity contribution < 1.29 is 0 Å². The van der Waals surface area contributed by atoms with Crippen LogP contribution in [0.15, 0.2) is 42.5 Å². The van der Waals surface area contributed by atoms with Crippen LogP contribution in [0.2, 0.25) is 0 Å². The first-order chi connectivity index (χ1) is 10.0. The maximum atomic E-state index is 6.22. The Bertz CT molecular complexity index is 624. The summed E-state index contributed by atoms with van der Waals surface area (Å²) >= 11 is 0. The van der Waals surface area contributed by atoms with E-state index in [9.17, 15) is 0 Å². The molecule has 0 bridgehead atoms. The van der Waals surface area contributed by atoms with Crippen LogP contribution in [0, 0.1) is 5.41 Å². The van der Waals surface area contributed by atoms with Crippen molar-refractivity contribution in [3.05, 3.63) is 48.0 Å². The Morgan fingerprint density at radius 2 is 1.86 bits per heavy atom. The van der Waals surface area contributed by atoms with E-state index in [1.807, 2.05) is 0 Å². The maximum absolute atomic E-state index is 6.22. The third-order valence-electron chi connectivity index (χ3n) is 4.92. The van der Waals surface area contributed by atoms with Gasteiger partial charge in [0.15, 0.2) is 0 Å². The minimum atomic E-state index is 0. The molecule has 2 aromatic carbocycles. The third-order valence-corrected chi connectivity index (χ3v) is 4.92. The fourth-order valence-electron chi connectivity index (χ4n) is 3.36. The molecule has 1 atom stereocenters. The lowest BCUT2D eigenvalue weighted by Gasteiger charge is -2.42. The Morgan fingerprint density at radius 1 is 1.14 bits per heavy atom. The standard InChI is InChI=1S/C19H26N2.ClH/c1-19(2)14-21(12-10-18(19)20)11-9-15-7-8-16-5-3-4-6-17(16)13-15;/h3-8,13,18H,9-12,14,20H2,1-2H3;1H. The van der Waals surface area contributed by atoms with Gasteiger partial charge in [0.25, 0.3) is 0 Å². The molecule has 1 saturated heterocycles. The molecule has 2 aromatic rings. The molecular formula is C19H27ClN2. The smallest absolute Gasteiger partial charge is 0.0115 e. The number of nitrogens with two attached hydrogens (primary N) is 1. The number of hydrogen-bond donors (Lipinski definition) is 1. The van der Waals surface area contributed by atoms with Crippen molar-refractivity contribution in [1.82, 2.24) is 4.90 Å². The summed E-state index contributed by atoms with van der Waals surface area (Å²) in [5, 5.41) is 2.67. The number of fused-ring (bicyclic) bond motifs is 1. The van der Waals surface area contributed by atoms with Crippen LogP contribution in [0.25, 0.3) is 10.8 Å². The molecule has 1 heterocycles. The summed E-state index contributed by atoms with van der Waals surface area (Å²) in [7, 11) is 0. The second kappa shape index (κ2) is 6.99. The summed E-state index contributed by atoms with van der Waals surface area (Å²) in [5.74, 6) is 0. The molecule has 0 aliphatic carbocycles. The van der Waals surface area contributed by atoms with E-state index in [-0.39, 0.29) is 17.8 Å². The van der Waals surface area contributed by atoms with Gasteiger partial charge in [-0.25, -0.2) is 0 Å². The molecular weight excluding hydrogens is 292 g/mol. The van der Waals surface area contributed by atoms with E-state index >= 15 is 0 Å². The summed E-state index contributed by atoms with van der Waals surface area (Å²) < 4.78 is 0. The normalized spacial score (nSPS) is 21.5. The zero-order valence-electron chi connectivity index (χ0n) is 13.6. The van der Waals surface area contributed by atoms with Crippen molar-refractivity contribution in [3.8, 4) is 0 Å². The number of likely N-dealkylation sites (tertiary alicyclic amines) is 1. The first kappa shape index (κ1) is 17.3. The Kier molecular flexibility index (Phi) is 5.49. The van der Waals surface area contributed by atoms with Gasteiger partial charge in [0.05, 0.1) is 0 Å². The average Bonchev–Trinajstić information content (AvgIpc) is 2.48. The molecule has 0 saturated carbocycles. The number of hydrogen-bond acceptors (Lipinski definition) is 2. The SMILES string of the molecule is CC1(C)CN(CCc2ccc3ccccc3c2)CCC1N.Cl. The van der Waals surface area contributed by atoms with E-state index in [2.05, 4.69) is 61.2 Å². The van der Waals surface area contributed by atoms with Crippen molar-refractivity contribution in [2.24, 2.45) is 11.1 Å². The van der Waals surface area contributed by atoms with Gasteiger partial charge in [0.2, 0.25) is 0 Å². The van der Waals surface area contributed by atoms with Gasteiger partial charge in [-0.1, -0.05) is 56.3 Å². The van der Waals surface area contributed by atoms with Crippen LogP contribution in [0.1, 0.15) is 25.8 Å². The second-order valence-corrected chi connectivity index (χ2v) is 7.09. The second-order valence-electron chi connectivity index (χ2n) is 7.09. The lowest BCUT2D eigenvalue weighted by molar-refractivity contribution is 0.0965. The Labute approximate surface area is 140 Å². The highest BCUT2D eigenvalue weighted by Gasteiger charge is 2.32. The quantitative estimate of drug-likeness (QED) is 0.931. The molecule has 1 aliphatic heterocycles. The van der Waals surface area contributed by atoms with Gasteiger partial charge >= 0.3 is 0 Å². The summed E-state index contributed by atoms with van der Waals surface area (Å²) in [6.07, 6.45) is 2.24. The summed E-state index contributed by atoms with van der Waals surface area (Å²) in [6.45, 7) is 7.97. The Balaban J connectivity index is 0.00000176. The third kappa shape index (κ3) is 3.81. The molecule has 2 N–H and O–H groups in total. The van der Waals surface area contributed by atoms with Crippen molar-refractivity contribution in [2.45, 2.75) is 32.7 Å². The fraction of sp³-hybridized carbons (Fsp3) is 0.474. The molecule has 22 heavy (non-hydrogen) atoms. The van der Waals surface area contributed by atoms with Crippen molar-refractivity contribution >= 4 is 23.2 Å². The minimum absolute atomic E-state index is 0. The summed E-state index contributed by atoms with van der Waals surface area (Å²) in [5.41, 5.74) is 7.89. The van der Waals surface area contributed by atoms with Crippen LogP contribution in [-0.4, -0.2) is 30.6 Å². The summed E-state index contributed by atoms with van der Waals surface area (Å²) in [4.78, 5) is 2.57. The number of halogens is 1. The van der Waals surface area contributed by atoms with Crippen LogP contribution >= 0.6 is 12.4 Å². The zero-order valence-corrected chi connectivity index (χ0v) is 14.4. The topological polar surface area (TPSA) is 29.3 Å². The largest absolute Gasteiger partial charge is 0.327 e. The van der Waals surface area contributed by atoms with Crippen LogP contribution in [-0.2, 0) is 6.42 Å². The molecule has 1 fully saturated rings. The van der Waals surface area contributed by atoms with Gasteiger partial charge < -0.3 is 10.6 Å². The Hall–Kier alpha value is -1.09.